The zero-order valence-corrected chi connectivity index (χ0v) is 18.6. The van der Waals surface area contributed by atoms with Crippen molar-refractivity contribution in [1.82, 2.24) is 0 Å². The molecule has 27 heavy (non-hydrogen) atoms. The van der Waals surface area contributed by atoms with E-state index in [1.54, 1.807) is 13.8 Å². The predicted octanol–water partition coefficient (Wildman–Crippen LogP) is 1.38. The van der Waals surface area contributed by atoms with Crippen LogP contribution in [0, 0.1) is 5.92 Å². The smallest absolute Gasteiger partial charge is 0.485 e. The molecule has 0 unspecified atom stereocenters. The van der Waals surface area contributed by atoms with Crippen LogP contribution in [-0.4, -0.2) is 47.2 Å². The minimum Gasteiger partial charge on any atom is -0.485 e. The van der Waals surface area contributed by atoms with Gasteiger partial charge in [-0.2, -0.15) is 0 Å². The van der Waals surface area contributed by atoms with E-state index in [1.807, 2.05) is 0 Å². The van der Waals surface area contributed by atoms with Crippen LogP contribution in [0.1, 0.15) is 48.5 Å². The fraction of sp³-hybridized carbons (Fsp3) is 0.667. The lowest BCUT2D eigenvalue weighted by molar-refractivity contribution is -0.147. The molecule has 0 aliphatic carbocycles. The highest BCUT2D eigenvalue weighted by molar-refractivity contribution is 6.86. The summed E-state index contributed by atoms with van der Waals surface area (Å²) in [4.78, 5) is 58.2. The number of hydrogen-bond acceptors (Lipinski definition) is 10. The maximum Gasteiger partial charge on any atom is 0.709 e. The second-order valence-electron chi connectivity index (χ2n) is 6.34. The standard InChI is InChI=1S/C15H26O10Si2/c1-10(2)8-26(21-11(3)16,22-12(4)17)9-27(23-13(5)18,24-14(6)19)25-15(7)20/h10H,8-9H2,1-7H3. The summed E-state index contributed by atoms with van der Waals surface area (Å²) in [6.07, 6.45) is 0. The van der Waals surface area contributed by atoms with Crippen molar-refractivity contribution in [2.45, 2.75) is 60.2 Å². The van der Waals surface area contributed by atoms with E-state index in [0.717, 1.165) is 34.6 Å². The topological polar surface area (TPSA) is 132 Å². The molecule has 0 bridgehead atoms. The van der Waals surface area contributed by atoms with Gasteiger partial charge in [-0.05, 0) is 5.92 Å². The first-order chi connectivity index (χ1) is 12.2. The summed E-state index contributed by atoms with van der Waals surface area (Å²) in [5, 5.41) is 0. The van der Waals surface area contributed by atoms with Gasteiger partial charge in [0.05, 0.1) is 0 Å². The fourth-order valence-corrected chi connectivity index (χ4v) is 11.2. The van der Waals surface area contributed by atoms with Crippen LogP contribution in [0.3, 0.4) is 0 Å². The zero-order chi connectivity index (χ0) is 21.4. The Morgan fingerprint density at radius 1 is 0.630 bits per heavy atom. The molecule has 0 fully saturated rings. The average Bonchev–Trinajstić information content (AvgIpc) is 2.30. The largest absolute Gasteiger partial charge is 0.709 e. The van der Waals surface area contributed by atoms with Crippen LogP contribution < -0.4 is 0 Å². The lowest BCUT2D eigenvalue weighted by Crippen LogP contribution is -2.59. The minimum absolute atomic E-state index is 0.103. The molecular weight excluding hydrogens is 396 g/mol. The van der Waals surface area contributed by atoms with Crippen LogP contribution in [0.15, 0.2) is 0 Å². The van der Waals surface area contributed by atoms with Gasteiger partial charge in [0.1, 0.15) is 5.67 Å². The van der Waals surface area contributed by atoms with E-state index >= 15 is 0 Å². The molecular formula is C15H26O10Si2. The van der Waals surface area contributed by atoms with E-state index in [4.69, 9.17) is 22.1 Å². The molecule has 0 saturated carbocycles. The third-order valence-corrected chi connectivity index (χ3v) is 11.2. The van der Waals surface area contributed by atoms with Gasteiger partial charge < -0.3 is 22.1 Å². The zero-order valence-electron chi connectivity index (χ0n) is 16.6. The summed E-state index contributed by atoms with van der Waals surface area (Å²) < 4.78 is 26.1. The summed E-state index contributed by atoms with van der Waals surface area (Å²) in [6, 6.07) is 0.116. The Hall–Kier alpha value is -2.22. The molecule has 0 spiro atoms. The van der Waals surface area contributed by atoms with Crippen LogP contribution in [-0.2, 0) is 46.1 Å². The highest BCUT2D eigenvalue weighted by atomic mass is 28.4. The molecule has 0 heterocycles. The summed E-state index contributed by atoms with van der Waals surface area (Å²) in [5.74, 6) is -4.19. The maximum absolute atomic E-state index is 11.7. The highest BCUT2D eigenvalue weighted by Gasteiger charge is 2.64. The number of carbonyl (C=O) groups is 5. The van der Waals surface area contributed by atoms with Gasteiger partial charge in [-0.15, -0.1) is 0 Å². The molecule has 0 aliphatic heterocycles. The molecule has 0 aromatic carbocycles. The molecule has 0 atom stereocenters. The molecule has 12 heteroatoms. The Morgan fingerprint density at radius 3 is 1.15 bits per heavy atom. The molecule has 0 aliphatic rings. The van der Waals surface area contributed by atoms with Gasteiger partial charge in [0.25, 0.3) is 29.8 Å². The lowest BCUT2D eigenvalue weighted by atomic mass is 10.3. The van der Waals surface area contributed by atoms with Crippen LogP contribution in [0.4, 0.5) is 0 Å². The first-order valence-corrected chi connectivity index (χ1v) is 12.3. The summed E-state index contributed by atoms with van der Waals surface area (Å²) in [7, 11) is -8.15. The van der Waals surface area contributed by atoms with Crippen LogP contribution in [0.2, 0.25) is 11.7 Å². The quantitative estimate of drug-likeness (QED) is 0.502. The van der Waals surface area contributed by atoms with E-state index in [0.29, 0.717) is 0 Å². The average molecular weight is 423 g/mol. The van der Waals surface area contributed by atoms with Gasteiger partial charge in [-0.25, -0.2) is 0 Å². The van der Waals surface area contributed by atoms with E-state index in [9.17, 15) is 24.0 Å². The van der Waals surface area contributed by atoms with E-state index in [-0.39, 0.29) is 12.0 Å². The van der Waals surface area contributed by atoms with Crippen molar-refractivity contribution in [3.63, 3.8) is 0 Å². The molecule has 0 saturated heterocycles. The Balaban J connectivity index is 6.34. The number of rotatable bonds is 9. The van der Waals surface area contributed by atoms with Crippen molar-refractivity contribution in [1.29, 1.82) is 0 Å². The minimum atomic E-state index is -4.36. The van der Waals surface area contributed by atoms with Crippen molar-refractivity contribution in [2.75, 3.05) is 0 Å². The molecule has 0 radical (unpaired) electrons. The third kappa shape index (κ3) is 9.89. The van der Waals surface area contributed by atoms with Crippen LogP contribution in [0.5, 0.6) is 0 Å². The summed E-state index contributed by atoms with van der Waals surface area (Å²) in [5.41, 5.74) is -0.490. The van der Waals surface area contributed by atoms with Crippen molar-refractivity contribution in [3.05, 3.63) is 0 Å². The molecule has 10 nitrogen and oxygen atoms in total. The SMILES string of the molecule is CC(=O)O[Si](CC(C)C)(C[Si](OC(C)=O)(OC(C)=O)OC(C)=O)OC(C)=O. The van der Waals surface area contributed by atoms with Crippen molar-refractivity contribution < 1.29 is 46.1 Å². The van der Waals surface area contributed by atoms with Crippen molar-refractivity contribution in [2.24, 2.45) is 5.92 Å². The van der Waals surface area contributed by atoms with Crippen LogP contribution in [0.25, 0.3) is 0 Å². The van der Waals surface area contributed by atoms with Crippen molar-refractivity contribution >= 4 is 47.2 Å². The van der Waals surface area contributed by atoms with Gasteiger partial charge in [0.2, 0.25) is 0 Å². The van der Waals surface area contributed by atoms with E-state index in [2.05, 4.69) is 0 Å². The van der Waals surface area contributed by atoms with E-state index in [1.165, 1.54) is 0 Å². The molecule has 0 aromatic rings. The number of carbonyl (C=O) groups excluding carboxylic acids is 5. The molecule has 0 amide bonds. The third-order valence-electron chi connectivity index (χ3n) is 2.76. The normalized spacial score (nSPS) is 11.4. The highest BCUT2D eigenvalue weighted by Crippen LogP contribution is 2.32. The van der Waals surface area contributed by atoms with Gasteiger partial charge in [-0.3, -0.25) is 24.0 Å². The number of hydrogen-bond donors (Lipinski definition) is 0. The maximum atomic E-state index is 11.7. The second-order valence-corrected chi connectivity index (χ2v) is 12.4. The summed E-state index contributed by atoms with van der Waals surface area (Å²) >= 11 is 0. The van der Waals surface area contributed by atoms with Crippen molar-refractivity contribution in [3.8, 4) is 0 Å². The first-order valence-electron chi connectivity index (χ1n) is 8.19. The van der Waals surface area contributed by atoms with Gasteiger partial charge in [0.15, 0.2) is 0 Å². The first kappa shape index (κ1) is 24.8. The molecule has 0 N–H and O–H groups in total. The Bertz CT molecular complexity index is 545. The lowest BCUT2D eigenvalue weighted by Gasteiger charge is -2.34. The van der Waals surface area contributed by atoms with E-state index < -0.39 is 52.9 Å². The fourth-order valence-electron chi connectivity index (χ4n) is 2.55. The summed E-state index contributed by atoms with van der Waals surface area (Å²) in [6.45, 7) is 8.95. The van der Waals surface area contributed by atoms with Gasteiger partial charge >= 0.3 is 17.4 Å². The molecule has 0 rings (SSSR count). The molecule has 0 aromatic heterocycles. The van der Waals surface area contributed by atoms with Crippen LogP contribution >= 0.6 is 0 Å². The van der Waals surface area contributed by atoms with Gasteiger partial charge in [-0.1, -0.05) is 13.8 Å². The molecule has 154 valence electrons. The Labute approximate surface area is 160 Å². The predicted molar refractivity (Wildman–Crippen MR) is 94.8 cm³/mol. The second kappa shape index (κ2) is 10.2. The van der Waals surface area contributed by atoms with Gasteiger partial charge in [0, 0.05) is 40.7 Å². The monoisotopic (exact) mass is 422 g/mol. The Morgan fingerprint density at radius 2 is 0.926 bits per heavy atom. The Kier molecular flexibility index (Phi) is 9.37.